The summed E-state index contributed by atoms with van der Waals surface area (Å²) in [6.45, 7) is 2.07. The SMILES string of the molecule is CNc1ncc(Br)c(N(C)c2cccc(C)c2)n1. The number of aromatic nitrogens is 2. The number of aryl methyl sites for hydroxylation is 1. The molecule has 0 fully saturated rings. The van der Waals surface area contributed by atoms with E-state index < -0.39 is 0 Å². The molecular formula is C13H15BrN4. The Bertz CT molecular complexity index is 556. The monoisotopic (exact) mass is 306 g/mol. The summed E-state index contributed by atoms with van der Waals surface area (Å²) in [4.78, 5) is 10.6. The van der Waals surface area contributed by atoms with Crippen molar-refractivity contribution in [2.75, 3.05) is 24.3 Å². The van der Waals surface area contributed by atoms with Crippen LogP contribution >= 0.6 is 15.9 Å². The fourth-order valence-corrected chi connectivity index (χ4v) is 2.13. The third-order valence-electron chi connectivity index (χ3n) is 2.66. The first-order chi connectivity index (χ1) is 8.61. The Labute approximate surface area is 115 Å². The fourth-order valence-electron chi connectivity index (χ4n) is 1.67. The highest BCUT2D eigenvalue weighted by Gasteiger charge is 2.11. The minimum atomic E-state index is 0.604. The van der Waals surface area contributed by atoms with E-state index in [1.165, 1.54) is 5.56 Å². The van der Waals surface area contributed by atoms with Crippen molar-refractivity contribution in [2.24, 2.45) is 0 Å². The van der Waals surface area contributed by atoms with Crippen LogP contribution in [0.3, 0.4) is 0 Å². The van der Waals surface area contributed by atoms with Crippen LogP contribution in [0.1, 0.15) is 5.56 Å². The molecule has 0 atom stereocenters. The van der Waals surface area contributed by atoms with E-state index >= 15 is 0 Å². The minimum Gasteiger partial charge on any atom is -0.357 e. The summed E-state index contributed by atoms with van der Waals surface area (Å²) in [7, 11) is 3.79. The Morgan fingerprint density at radius 2 is 2.11 bits per heavy atom. The Balaban J connectivity index is 2.41. The molecule has 1 aromatic heterocycles. The molecule has 0 aliphatic heterocycles. The Hall–Kier alpha value is -1.62. The minimum absolute atomic E-state index is 0.604. The van der Waals surface area contributed by atoms with Gasteiger partial charge in [-0.1, -0.05) is 12.1 Å². The van der Waals surface area contributed by atoms with Crippen LogP contribution in [0.25, 0.3) is 0 Å². The summed E-state index contributed by atoms with van der Waals surface area (Å²) < 4.78 is 0.866. The lowest BCUT2D eigenvalue weighted by Gasteiger charge is -2.20. The maximum Gasteiger partial charge on any atom is 0.224 e. The largest absolute Gasteiger partial charge is 0.357 e. The second-order valence-corrected chi connectivity index (χ2v) is 4.87. The molecule has 0 aliphatic carbocycles. The molecule has 1 N–H and O–H groups in total. The zero-order valence-corrected chi connectivity index (χ0v) is 12.2. The number of hydrogen-bond donors (Lipinski definition) is 1. The van der Waals surface area contributed by atoms with Gasteiger partial charge in [0, 0.05) is 26.0 Å². The van der Waals surface area contributed by atoms with Gasteiger partial charge in [-0.2, -0.15) is 4.98 Å². The topological polar surface area (TPSA) is 41.1 Å². The maximum absolute atomic E-state index is 4.45. The molecule has 0 amide bonds. The fraction of sp³-hybridized carbons (Fsp3) is 0.231. The molecular weight excluding hydrogens is 292 g/mol. The summed E-state index contributed by atoms with van der Waals surface area (Å²) in [6, 6.07) is 8.29. The summed E-state index contributed by atoms with van der Waals surface area (Å²) in [6.07, 6.45) is 1.75. The second-order valence-electron chi connectivity index (χ2n) is 4.01. The zero-order chi connectivity index (χ0) is 13.1. The van der Waals surface area contributed by atoms with E-state index in [0.29, 0.717) is 5.95 Å². The summed E-state index contributed by atoms with van der Waals surface area (Å²) >= 11 is 3.48. The van der Waals surface area contributed by atoms with Crippen LogP contribution in [0.2, 0.25) is 0 Å². The van der Waals surface area contributed by atoms with Crippen LogP contribution in [-0.4, -0.2) is 24.1 Å². The normalized spacial score (nSPS) is 10.2. The van der Waals surface area contributed by atoms with Gasteiger partial charge < -0.3 is 10.2 Å². The summed E-state index contributed by atoms with van der Waals surface area (Å²) in [5.41, 5.74) is 2.31. The van der Waals surface area contributed by atoms with Crippen LogP contribution < -0.4 is 10.2 Å². The second kappa shape index (κ2) is 5.35. The molecule has 4 nitrogen and oxygen atoms in total. The van der Waals surface area contributed by atoms with E-state index in [4.69, 9.17) is 0 Å². The lowest BCUT2D eigenvalue weighted by atomic mass is 10.2. The number of rotatable bonds is 3. The number of halogens is 1. The molecule has 0 unspecified atom stereocenters. The number of nitrogens with zero attached hydrogens (tertiary/aromatic N) is 3. The molecule has 1 heterocycles. The molecule has 5 heteroatoms. The summed E-state index contributed by atoms with van der Waals surface area (Å²) in [5, 5.41) is 2.94. The number of hydrogen-bond acceptors (Lipinski definition) is 4. The highest BCUT2D eigenvalue weighted by atomic mass is 79.9. The third kappa shape index (κ3) is 2.61. The predicted molar refractivity (Wildman–Crippen MR) is 78.5 cm³/mol. The molecule has 0 bridgehead atoms. The van der Waals surface area contributed by atoms with Gasteiger partial charge in [-0.15, -0.1) is 0 Å². The van der Waals surface area contributed by atoms with Gasteiger partial charge in [0.05, 0.1) is 4.47 Å². The Morgan fingerprint density at radius 3 is 2.78 bits per heavy atom. The Kier molecular flexibility index (Phi) is 3.81. The lowest BCUT2D eigenvalue weighted by molar-refractivity contribution is 1.06. The van der Waals surface area contributed by atoms with Crippen molar-refractivity contribution in [1.29, 1.82) is 0 Å². The molecule has 0 saturated heterocycles. The molecule has 94 valence electrons. The molecule has 0 spiro atoms. The lowest BCUT2D eigenvalue weighted by Crippen LogP contribution is -2.13. The first kappa shape index (κ1) is 12.8. The smallest absolute Gasteiger partial charge is 0.224 e. The number of nitrogens with one attached hydrogen (secondary N) is 1. The van der Waals surface area contributed by atoms with Gasteiger partial charge >= 0.3 is 0 Å². The molecule has 0 saturated carbocycles. The first-order valence-corrected chi connectivity index (χ1v) is 6.42. The van der Waals surface area contributed by atoms with Crippen LogP contribution in [0.4, 0.5) is 17.5 Å². The van der Waals surface area contributed by atoms with Crippen LogP contribution in [0, 0.1) is 6.92 Å². The van der Waals surface area contributed by atoms with E-state index in [-0.39, 0.29) is 0 Å². The molecule has 0 radical (unpaired) electrons. The van der Waals surface area contributed by atoms with Crippen molar-refractivity contribution in [1.82, 2.24) is 9.97 Å². The van der Waals surface area contributed by atoms with E-state index in [2.05, 4.69) is 56.3 Å². The van der Waals surface area contributed by atoms with Gasteiger partial charge in [-0.05, 0) is 40.5 Å². The molecule has 2 aromatic rings. The van der Waals surface area contributed by atoms with Gasteiger partial charge in [-0.3, -0.25) is 0 Å². The van der Waals surface area contributed by atoms with Crippen LogP contribution in [-0.2, 0) is 0 Å². The highest BCUT2D eigenvalue weighted by molar-refractivity contribution is 9.10. The average molecular weight is 307 g/mol. The van der Waals surface area contributed by atoms with Gasteiger partial charge in [0.25, 0.3) is 0 Å². The van der Waals surface area contributed by atoms with Crippen molar-refractivity contribution in [2.45, 2.75) is 6.92 Å². The average Bonchev–Trinajstić information content (AvgIpc) is 2.38. The van der Waals surface area contributed by atoms with Crippen molar-refractivity contribution in [3.8, 4) is 0 Å². The van der Waals surface area contributed by atoms with Crippen molar-refractivity contribution in [3.05, 3.63) is 40.5 Å². The number of benzene rings is 1. The first-order valence-electron chi connectivity index (χ1n) is 5.62. The van der Waals surface area contributed by atoms with Crippen LogP contribution in [0.5, 0.6) is 0 Å². The van der Waals surface area contributed by atoms with Crippen molar-refractivity contribution < 1.29 is 0 Å². The molecule has 2 rings (SSSR count). The quantitative estimate of drug-likeness (QED) is 0.944. The van der Waals surface area contributed by atoms with Gasteiger partial charge in [-0.25, -0.2) is 4.98 Å². The van der Waals surface area contributed by atoms with E-state index in [9.17, 15) is 0 Å². The molecule has 18 heavy (non-hydrogen) atoms. The van der Waals surface area contributed by atoms with E-state index in [1.54, 1.807) is 13.2 Å². The predicted octanol–water partition coefficient (Wildman–Crippen LogP) is 3.36. The van der Waals surface area contributed by atoms with Gasteiger partial charge in [0.2, 0.25) is 5.95 Å². The Morgan fingerprint density at radius 1 is 1.33 bits per heavy atom. The number of anilines is 3. The maximum atomic E-state index is 4.45. The van der Waals surface area contributed by atoms with Crippen molar-refractivity contribution >= 4 is 33.4 Å². The molecule has 0 aliphatic rings. The van der Waals surface area contributed by atoms with Gasteiger partial charge in [0.15, 0.2) is 5.82 Å². The summed E-state index contributed by atoms with van der Waals surface area (Å²) in [5.74, 6) is 1.44. The third-order valence-corrected chi connectivity index (χ3v) is 3.22. The van der Waals surface area contributed by atoms with Gasteiger partial charge in [0.1, 0.15) is 0 Å². The van der Waals surface area contributed by atoms with E-state index in [0.717, 1.165) is 16.0 Å². The van der Waals surface area contributed by atoms with E-state index in [1.807, 2.05) is 18.0 Å². The standard InChI is InChI=1S/C13H15BrN4/c1-9-5-4-6-10(7-9)18(3)12-11(14)8-16-13(15-2)17-12/h4-8H,1-3H3,(H,15,16,17). The van der Waals surface area contributed by atoms with Crippen molar-refractivity contribution in [3.63, 3.8) is 0 Å². The van der Waals surface area contributed by atoms with Crippen LogP contribution in [0.15, 0.2) is 34.9 Å². The molecule has 1 aromatic carbocycles. The zero-order valence-electron chi connectivity index (χ0n) is 10.6. The highest BCUT2D eigenvalue weighted by Crippen LogP contribution is 2.29.